The zero-order valence-corrected chi connectivity index (χ0v) is 70.6. The molecule has 0 spiro atoms. The van der Waals surface area contributed by atoms with E-state index in [0.29, 0.717) is 120 Å². The minimum atomic E-state index is -0.648. The lowest BCUT2D eigenvalue weighted by molar-refractivity contribution is -0.117. The topological polar surface area (TPSA) is 244 Å². The number of ether oxygens (including phenoxy) is 12. The van der Waals surface area contributed by atoms with Crippen LogP contribution in [0.2, 0.25) is 0 Å². The summed E-state index contributed by atoms with van der Waals surface area (Å²) in [6, 6.07) is 62.3. The fourth-order valence-corrected chi connectivity index (χ4v) is 12.0. The Labute approximate surface area is 721 Å². The highest BCUT2D eigenvalue weighted by molar-refractivity contribution is 14.1. The van der Waals surface area contributed by atoms with Crippen molar-refractivity contribution in [2.24, 2.45) is 0 Å². The van der Waals surface area contributed by atoms with Gasteiger partial charge in [-0.3, -0.25) is 19.2 Å². The van der Waals surface area contributed by atoms with Crippen molar-refractivity contribution in [1.29, 1.82) is 0 Å². The number of carbonyl (C=O) groups excluding carboxylic acids is 4. The van der Waals surface area contributed by atoms with Crippen LogP contribution < -0.4 is 76.4 Å². The number of halogens is 7. The van der Waals surface area contributed by atoms with Crippen molar-refractivity contribution in [3.8, 4) is 92.5 Å². The van der Waals surface area contributed by atoms with E-state index in [9.17, 15) is 45.5 Å². The Bertz CT molecular complexity index is 5240. The van der Waals surface area contributed by atoms with Crippen LogP contribution in [0.1, 0.15) is 49.9 Å². The molecule has 12 rings (SSSR count). The average Bonchev–Trinajstić information content (AvgIpc) is 0.821. The third-order valence-electron chi connectivity index (χ3n) is 17.5. The zero-order valence-electron chi connectivity index (χ0n) is 68.4. The van der Waals surface area contributed by atoms with Crippen molar-refractivity contribution in [2.45, 2.75) is 53.9 Å². The molecule has 0 saturated carbocycles. The molecule has 0 radical (unpaired) electrons. The van der Waals surface area contributed by atoms with Gasteiger partial charge in [0.15, 0.2) is 11.6 Å². The number of carbonyl (C=O) groups is 4. The van der Waals surface area contributed by atoms with Crippen molar-refractivity contribution >= 4 is 69.0 Å². The lowest BCUT2D eigenvalue weighted by atomic mass is 10.1. The molecule has 24 nitrogen and oxygen atoms in total. The summed E-state index contributed by atoms with van der Waals surface area (Å²) in [5.41, 5.74) is 4.35. The summed E-state index contributed by atoms with van der Waals surface area (Å²) in [6.45, 7) is 3.37. The van der Waals surface area contributed by atoms with E-state index in [0.717, 1.165) is 3.57 Å². The molecule has 4 heterocycles. The van der Waals surface area contributed by atoms with E-state index in [1.807, 2.05) is 54.6 Å². The van der Waals surface area contributed by atoms with Crippen LogP contribution in [-0.2, 0) is 45.4 Å². The number of aromatic nitrogens is 4. The Morgan fingerprint density at radius 2 is 0.577 bits per heavy atom. The highest BCUT2D eigenvalue weighted by Gasteiger charge is 2.27. The van der Waals surface area contributed by atoms with Gasteiger partial charge in [0.05, 0.1) is 54.6 Å². The van der Waals surface area contributed by atoms with E-state index in [1.54, 1.807) is 160 Å². The van der Waals surface area contributed by atoms with Crippen molar-refractivity contribution in [2.75, 3.05) is 101 Å². The number of amides is 4. The van der Waals surface area contributed by atoms with Crippen LogP contribution in [-0.4, -0.2) is 125 Å². The number of benzene rings is 8. The fourth-order valence-electron chi connectivity index (χ4n) is 11.7. The molecule has 0 bridgehead atoms. The third kappa shape index (κ3) is 27.9. The lowest BCUT2D eigenvalue weighted by Crippen LogP contribution is -2.28. The second-order valence-corrected chi connectivity index (χ2v) is 27.1. The number of pyridine rings is 4. The summed E-state index contributed by atoms with van der Waals surface area (Å²) in [7, 11) is 6.15. The Hall–Kier alpha value is -13.9. The maximum Gasteiger partial charge on any atom is 0.243 e. The molecule has 0 saturated heterocycles. The number of para-hydroxylation sites is 2. The van der Waals surface area contributed by atoms with E-state index in [1.165, 1.54) is 110 Å². The smallest absolute Gasteiger partial charge is 0.243 e. The van der Waals surface area contributed by atoms with E-state index < -0.39 is 38.3 Å². The van der Waals surface area contributed by atoms with Gasteiger partial charge in [0, 0.05) is 78.3 Å². The van der Waals surface area contributed by atoms with Gasteiger partial charge >= 0.3 is 0 Å². The number of methoxy groups -OCH3 is 4. The molecule has 31 heteroatoms. The summed E-state index contributed by atoms with van der Waals surface area (Å²) in [6.07, 6.45) is 6.22. The van der Waals surface area contributed by atoms with Crippen LogP contribution in [0.5, 0.6) is 92.5 Å². The Balaban J connectivity index is 0.000000186. The summed E-state index contributed by atoms with van der Waals surface area (Å²) in [5.74, 6) is 4.65. The second kappa shape index (κ2) is 48.4. The van der Waals surface area contributed by atoms with Gasteiger partial charge in [-0.2, -0.15) is 0 Å². The summed E-state index contributed by atoms with van der Waals surface area (Å²) in [4.78, 5) is 73.2. The largest absolute Gasteiger partial charge is 0.497 e. The van der Waals surface area contributed by atoms with Crippen molar-refractivity contribution in [1.82, 2.24) is 19.9 Å². The monoisotopic (exact) mass is 1800 g/mol. The molecule has 123 heavy (non-hydrogen) atoms. The van der Waals surface area contributed by atoms with Crippen LogP contribution in [0, 0.1) is 15.2 Å². The van der Waals surface area contributed by atoms with Gasteiger partial charge in [-0.1, -0.05) is 30.3 Å². The average molecular weight is 1800 g/mol. The Morgan fingerprint density at radius 1 is 0.309 bits per heavy atom. The molecular weight excluding hydrogens is 1710 g/mol. The normalized spacial score (nSPS) is 10.4. The molecule has 12 aromatic rings. The number of alkyl halides is 4. The number of hydrogen-bond donors (Lipinski definition) is 0. The molecule has 0 fully saturated rings. The van der Waals surface area contributed by atoms with Gasteiger partial charge < -0.3 is 76.4 Å². The molecule has 0 atom stereocenters. The minimum absolute atomic E-state index is 0.0145. The molecular formula is C92H89F6IN8O16. The van der Waals surface area contributed by atoms with Crippen molar-refractivity contribution in [3.05, 3.63) is 287 Å². The van der Waals surface area contributed by atoms with Gasteiger partial charge in [0.2, 0.25) is 47.1 Å². The van der Waals surface area contributed by atoms with Crippen LogP contribution >= 0.6 is 22.6 Å². The summed E-state index contributed by atoms with van der Waals surface area (Å²) < 4.78 is 145. The molecule has 0 unspecified atom stereocenters. The third-order valence-corrected chi connectivity index (χ3v) is 18.2. The van der Waals surface area contributed by atoms with E-state index in [-0.39, 0.29) is 93.7 Å². The molecule has 4 aromatic heterocycles. The number of hydrogen-bond acceptors (Lipinski definition) is 20. The van der Waals surface area contributed by atoms with E-state index in [4.69, 9.17) is 56.8 Å². The van der Waals surface area contributed by atoms with Gasteiger partial charge in [-0.25, -0.2) is 46.3 Å². The first-order chi connectivity index (χ1) is 59.7. The molecule has 0 N–H and O–H groups in total. The predicted molar refractivity (Wildman–Crippen MR) is 461 cm³/mol. The quantitative estimate of drug-likeness (QED) is 0.0262. The SMILES string of the molecule is COc1ccc(OCCF)c(CN(C(C)=O)c2cccnc2Oc2ccc(F)cc2)c1.COc1ccc(OCCF)c(CN(C(C)=O)c2cccnc2Oc2ccc(I)cc2)c1.COc1ccc(OCCF)c(CN(C(C)=O)c2cccnc2Oc2ccccc2)c1.COc1ccc(OCCF)c(CN(C(C)=O)c2cccnc2Oc2ccccc2F)c1. The van der Waals surface area contributed by atoms with Crippen LogP contribution in [0.25, 0.3) is 0 Å². The summed E-state index contributed by atoms with van der Waals surface area (Å²) in [5, 5.41) is 0. The van der Waals surface area contributed by atoms with Gasteiger partial charge in [-0.15, -0.1) is 0 Å². The van der Waals surface area contributed by atoms with Crippen molar-refractivity contribution in [3.63, 3.8) is 0 Å². The number of rotatable bonds is 36. The highest BCUT2D eigenvalue weighted by Crippen LogP contribution is 2.40. The summed E-state index contributed by atoms with van der Waals surface area (Å²) >= 11 is 2.21. The van der Waals surface area contributed by atoms with E-state index >= 15 is 0 Å². The highest BCUT2D eigenvalue weighted by atomic mass is 127. The van der Waals surface area contributed by atoms with Crippen molar-refractivity contribution < 1.29 is 102 Å². The number of nitrogens with zero attached hydrogens (tertiary/aromatic N) is 8. The molecule has 0 aliphatic heterocycles. The van der Waals surface area contributed by atoms with Gasteiger partial charge in [-0.05, 0) is 217 Å². The fraction of sp³-hybridized carbons (Fsp3) is 0.217. The molecule has 642 valence electrons. The minimum Gasteiger partial charge on any atom is -0.497 e. The first-order valence-electron chi connectivity index (χ1n) is 38.1. The number of anilines is 4. The second-order valence-electron chi connectivity index (χ2n) is 25.8. The maximum absolute atomic E-state index is 14.1. The van der Waals surface area contributed by atoms with Crippen LogP contribution in [0.15, 0.2) is 249 Å². The predicted octanol–water partition coefficient (Wildman–Crippen LogP) is 20.0. The molecule has 0 aliphatic carbocycles. The standard InChI is InChI=1S/2C23H22F2N2O4.C23H22FIN2O4.C23H23FN2O4/c1-16(28)27(15-17-14-20(29-2)9-10-22(17)30-13-11-24)21-4-3-12-26-23(21)31-19-7-5-18(25)6-8-19;1-16(28)27(15-17-14-18(29-2)9-10-21(17)30-13-11-24)20-7-5-12-26-23(20)31-22-8-4-3-6-19(22)25;1-16(28)27(15-17-14-20(29-2)9-10-22(17)30-13-11-24)21-4-3-12-26-23(21)31-19-7-5-18(25)6-8-19;1-17(27)26(16-18-15-20(28-2)10-11-22(18)29-14-12-24)21-9-6-13-25-23(21)30-19-7-4-3-5-8-19/h3*3-10,12,14H,11,13,15H2,1-2H3;3-11,13,15H,12,14,16H2,1-2H3. The first kappa shape index (κ1) is 93.0. The molecule has 0 aliphatic rings. The molecule has 8 aromatic carbocycles. The molecule has 4 amide bonds. The zero-order chi connectivity index (χ0) is 88.0. The van der Waals surface area contributed by atoms with Crippen LogP contribution in [0.4, 0.5) is 49.1 Å². The lowest BCUT2D eigenvalue weighted by Gasteiger charge is -2.24. The Morgan fingerprint density at radius 3 is 0.862 bits per heavy atom. The Kier molecular flexibility index (Phi) is 36.6. The van der Waals surface area contributed by atoms with Crippen LogP contribution in [0.3, 0.4) is 0 Å². The van der Waals surface area contributed by atoms with Gasteiger partial charge in [0.25, 0.3) is 0 Å². The van der Waals surface area contributed by atoms with Gasteiger partial charge in [0.1, 0.15) is 145 Å². The first-order valence-corrected chi connectivity index (χ1v) is 39.1. The maximum atomic E-state index is 14.1. The van der Waals surface area contributed by atoms with E-state index in [2.05, 4.69) is 42.5 Å².